The van der Waals surface area contributed by atoms with Crippen LogP contribution in [-0.2, 0) is 20.7 Å². The number of amides is 1. The number of hydrogen-bond donors (Lipinski definition) is 2. The minimum Gasteiger partial charge on any atom is -0.480 e. The van der Waals surface area contributed by atoms with Gasteiger partial charge in [-0.1, -0.05) is 28.4 Å². The second-order valence-corrected chi connectivity index (χ2v) is 7.53. The van der Waals surface area contributed by atoms with Crippen LogP contribution in [0.4, 0.5) is 0 Å². The predicted octanol–water partition coefficient (Wildman–Crippen LogP) is 3.21. The van der Waals surface area contributed by atoms with Crippen molar-refractivity contribution in [2.75, 3.05) is 13.2 Å². The number of hydrogen-bond acceptors (Lipinski definition) is 3. The van der Waals surface area contributed by atoms with E-state index in [9.17, 15) is 14.7 Å². The van der Waals surface area contributed by atoms with Crippen molar-refractivity contribution in [1.29, 1.82) is 0 Å². The van der Waals surface area contributed by atoms with Gasteiger partial charge in [0.05, 0.1) is 6.04 Å². The number of aliphatic carboxylic acids is 1. The molecule has 0 aromatic heterocycles. The molecule has 0 bridgehead atoms. The summed E-state index contributed by atoms with van der Waals surface area (Å²) in [5.74, 6) is -1.42. The average molecular weight is 396 g/mol. The van der Waals surface area contributed by atoms with Gasteiger partial charge in [-0.2, -0.15) is 0 Å². The maximum absolute atomic E-state index is 12.9. The molecule has 1 heterocycles. The van der Waals surface area contributed by atoms with Crippen molar-refractivity contribution in [3.05, 3.63) is 33.8 Å². The summed E-state index contributed by atoms with van der Waals surface area (Å²) in [6.07, 6.45) is 4.38. The highest BCUT2D eigenvalue weighted by Gasteiger charge is 2.48. The molecule has 0 saturated carbocycles. The molecule has 1 fully saturated rings. The lowest BCUT2D eigenvalue weighted by atomic mass is 9.79. The van der Waals surface area contributed by atoms with Gasteiger partial charge in [0, 0.05) is 17.7 Å². The van der Waals surface area contributed by atoms with Gasteiger partial charge in [-0.05, 0) is 55.4 Å². The Balaban J connectivity index is 1.84. The molecule has 1 atom stereocenters. The van der Waals surface area contributed by atoms with E-state index in [1.165, 1.54) is 5.56 Å². The van der Waals surface area contributed by atoms with E-state index in [0.717, 1.165) is 35.7 Å². The van der Waals surface area contributed by atoms with Crippen molar-refractivity contribution >= 4 is 27.8 Å². The number of benzene rings is 1. The lowest BCUT2D eigenvalue weighted by molar-refractivity contribution is -0.162. The maximum atomic E-state index is 12.9. The molecular weight excluding hydrogens is 374 g/mol. The topological polar surface area (TPSA) is 75.6 Å². The fourth-order valence-corrected chi connectivity index (χ4v) is 4.06. The van der Waals surface area contributed by atoms with Crippen molar-refractivity contribution in [1.82, 2.24) is 5.32 Å². The monoisotopic (exact) mass is 395 g/mol. The minimum atomic E-state index is -1.36. The molecule has 1 unspecified atom stereocenters. The van der Waals surface area contributed by atoms with Crippen LogP contribution < -0.4 is 5.32 Å². The lowest BCUT2D eigenvalue weighted by Gasteiger charge is -2.33. The van der Waals surface area contributed by atoms with E-state index in [1.807, 2.05) is 12.1 Å². The first-order valence-corrected chi connectivity index (χ1v) is 9.23. The quantitative estimate of drug-likeness (QED) is 0.608. The van der Waals surface area contributed by atoms with Gasteiger partial charge in [0.25, 0.3) is 0 Å². The van der Waals surface area contributed by atoms with Crippen LogP contribution in [0.15, 0.2) is 22.7 Å². The van der Waals surface area contributed by atoms with Crippen LogP contribution in [0.25, 0.3) is 0 Å². The Kier molecular flexibility index (Phi) is 5.25. The van der Waals surface area contributed by atoms with Crippen LogP contribution in [0.5, 0.6) is 0 Å². The molecule has 0 radical (unpaired) electrons. The summed E-state index contributed by atoms with van der Waals surface area (Å²) in [5, 5.41) is 12.7. The summed E-state index contributed by atoms with van der Waals surface area (Å²) in [5.41, 5.74) is 0.972. The number of carbonyl (C=O) groups excluding carboxylic acids is 1. The molecule has 2 N–H and O–H groups in total. The maximum Gasteiger partial charge on any atom is 0.319 e. The third-order valence-corrected chi connectivity index (χ3v) is 5.66. The first-order chi connectivity index (χ1) is 11.5. The highest BCUT2D eigenvalue weighted by Crippen LogP contribution is 2.35. The van der Waals surface area contributed by atoms with Crippen LogP contribution in [0, 0.1) is 5.41 Å². The summed E-state index contributed by atoms with van der Waals surface area (Å²) in [4.78, 5) is 24.7. The molecule has 0 spiro atoms. The fourth-order valence-electron chi connectivity index (χ4n) is 3.65. The predicted molar refractivity (Wildman–Crippen MR) is 92.7 cm³/mol. The number of carbonyl (C=O) groups is 2. The molecule has 130 valence electrons. The SMILES string of the molecule is O=C(O)C1(C(=O)NC2CCCCc3cc(Br)ccc32)CCOCC1. The number of halogens is 1. The molecule has 5 nitrogen and oxygen atoms in total. The van der Waals surface area contributed by atoms with E-state index < -0.39 is 11.4 Å². The minimum absolute atomic E-state index is 0.123. The van der Waals surface area contributed by atoms with E-state index in [0.29, 0.717) is 13.2 Å². The number of carboxylic acids is 1. The third kappa shape index (κ3) is 3.35. The second kappa shape index (κ2) is 7.23. The van der Waals surface area contributed by atoms with E-state index in [4.69, 9.17) is 4.74 Å². The van der Waals surface area contributed by atoms with E-state index >= 15 is 0 Å². The third-order valence-electron chi connectivity index (χ3n) is 5.17. The summed E-state index contributed by atoms with van der Waals surface area (Å²) >= 11 is 3.50. The van der Waals surface area contributed by atoms with Crippen molar-refractivity contribution in [2.45, 2.75) is 44.6 Å². The summed E-state index contributed by atoms with van der Waals surface area (Å²) in [6.45, 7) is 0.627. The Bertz CT molecular complexity index is 640. The fraction of sp³-hybridized carbons (Fsp3) is 0.556. The molecule has 24 heavy (non-hydrogen) atoms. The summed E-state index contributed by atoms with van der Waals surface area (Å²) < 4.78 is 6.28. The molecule has 1 aliphatic carbocycles. The van der Waals surface area contributed by atoms with Gasteiger partial charge < -0.3 is 15.2 Å². The van der Waals surface area contributed by atoms with Gasteiger partial charge in [0.1, 0.15) is 0 Å². The molecule has 1 saturated heterocycles. The molecule has 1 aromatic carbocycles. The van der Waals surface area contributed by atoms with Crippen LogP contribution in [0.1, 0.15) is 49.3 Å². The Morgan fingerprint density at radius 1 is 1.25 bits per heavy atom. The lowest BCUT2D eigenvalue weighted by Crippen LogP contribution is -2.50. The average Bonchev–Trinajstić information content (AvgIpc) is 2.77. The van der Waals surface area contributed by atoms with Gasteiger partial charge in [-0.25, -0.2) is 0 Å². The van der Waals surface area contributed by atoms with Crippen molar-refractivity contribution in [3.8, 4) is 0 Å². The van der Waals surface area contributed by atoms with Gasteiger partial charge in [-0.3, -0.25) is 9.59 Å². The molecule has 3 rings (SSSR count). The van der Waals surface area contributed by atoms with Gasteiger partial charge >= 0.3 is 5.97 Å². The molecule has 6 heteroatoms. The number of nitrogens with one attached hydrogen (secondary N) is 1. The highest BCUT2D eigenvalue weighted by atomic mass is 79.9. The zero-order valence-corrected chi connectivity index (χ0v) is 15.1. The van der Waals surface area contributed by atoms with Gasteiger partial charge in [-0.15, -0.1) is 0 Å². The Labute approximate surface area is 149 Å². The smallest absolute Gasteiger partial charge is 0.319 e. The van der Waals surface area contributed by atoms with Crippen LogP contribution in [0.2, 0.25) is 0 Å². The van der Waals surface area contributed by atoms with Crippen LogP contribution >= 0.6 is 15.9 Å². The first kappa shape index (κ1) is 17.4. The van der Waals surface area contributed by atoms with Gasteiger partial charge in [0.15, 0.2) is 5.41 Å². The van der Waals surface area contributed by atoms with E-state index in [1.54, 1.807) is 0 Å². The summed E-state index contributed by atoms with van der Waals surface area (Å²) in [6, 6.07) is 5.99. The zero-order chi connectivity index (χ0) is 17.2. The normalized spacial score (nSPS) is 23.0. The number of rotatable bonds is 3. The molecule has 1 amide bonds. The Hall–Kier alpha value is -1.40. The summed E-state index contributed by atoms with van der Waals surface area (Å²) in [7, 11) is 0. The standard InChI is InChI=1S/C18H22BrNO4/c19-13-5-6-14-12(11-13)3-1-2-4-15(14)20-16(21)18(17(22)23)7-9-24-10-8-18/h5-6,11,15H,1-4,7-10H2,(H,20,21)(H,22,23). The van der Waals surface area contributed by atoms with Crippen molar-refractivity contribution in [3.63, 3.8) is 0 Å². The zero-order valence-electron chi connectivity index (χ0n) is 13.5. The van der Waals surface area contributed by atoms with Crippen LogP contribution in [0.3, 0.4) is 0 Å². The van der Waals surface area contributed by atoms with Crippen LogP contribution in [-0.4, -0.2) is 30.2 Å². The molecule has 1 aliphatic heterocycles. The molecule has 2 aliphatic rings. The van der Waals surface area contributed by atoms with Gasteiger partial charge in [0.2, 0.25) is 5.91 Å². The number of ether oxygens (including phenoxy) is 1. The number of fused-ring (bicyclic) bond motifs is 1. The molecular formula is C18H22BrNO4. The Morgan fingerprint density at radius 2 is 2.00 bits per heavy atom. The first-order valence-electron chi connectivity index (χ1n) is 8.43. The van der Waals surface area contributed by atoms with E-state index in [-0.39, 0.29) is 24.8 Å². The van der Waals surface area contributed by atoms with Crippen molar-refractivity contribution < 1.29 is 19.4 Å². The Morgan fingerprint density at radius 3 is 2.71 bits per heavy atom. The molecule has 1 aromatic rings. The number of carboxylic acid groups (broad SMARTS) is 1. The van der Waals surface area contributed by atoms with Crippen molar-refractivity contribution in [2.24, 2.45) is 5.41 Å². The number of aryl methyl sites for hydroxylation is 1. The second-order valence-electron chi connectivity index (χ2n) is 6.61. The highest BCUT2D eigenvalue weighted by molar-refractivity contribution is 9.10. The largest absolute Gasteiger partial charge is 0.480 e. The van der Waals surface area contributed by atoms with E-state index in [2.05, 4.69) is 27.3 Å².